The molecule has 2 nitrogen and oxygen atoms in total. The monoisotopic (exact) mass is 254 g/mol. The fourth-order valence-electron chi connectivity index (χ4n) is 1.03. The molecule has 0 aromatic carbocycles. The van der Waals surface area contributed by atoms with E-state index >= 15 is 0 Å². The van der Waals surface area contributed by atoms with Crippen molar-refractivity contribution in [3.63, 3.8) is 0 Å². The van der Waals surface area contributed by atoms with E-state index in [1.54, 1.807) is 13.0 Å². The van der Waals surface area contributed by atoms with E-state index in [-0.39, 0.29) is 10.8 Å². The van der Waals surface area contributed by atoms with Crippen LogP contribution in [-0.2, 0) is 9.53 Å². The number of alkyl halides is 1. The van der Waals surface area contributed by atoms with Gasteiger partial charge in [0.1, 0.15) is 4.83 Å². The van der Waals surface area contributed by atoms with Crippen molar-refractivity contribution in [1.29, 1.82) is 0 Å². The molecule has 0 saturated heterocycles. The lowest BCUT2D eigenvalue weighted by Crippen LogP contribution is -2.18. The lowest BCUT2D eigenvalue weighted by molar-refractivity contribution is -0.141. The molecule has 74 valence electrons. The molecule has 0 radical (unpaired) electrons. The van der Waals surface area contributed by atoms with Crippen molar-refractivity contribution in [2.45, 2.75) is 18.2 Å². The predicted molar refractivity (Wildman–Crippen MR) is 59.0 cm³/mol. The van der Waals surface area contributed by atoms with Gasteiger partial charge in [-0.3, -0.25) is 4.79 Å². The van der Waals surface area contributed by atoms with Crippen molar-refractivity contribution in [3.8, 4) is 11.8 Å². The molecule has 3 heteroatoms. The minimum atomic E-state index is -0.389. The second-order valence-corrected chi connectivity index (χ2v) is 3.59. The molecule has 1 unspecified atom stereocenters. The van der Waals surface area contributed by atoms with Crippen LogP contribution < -0.4 is 0 Å². The lowest BCUT2D eigenvalue weighted by Gasteiger charge is -2.09. The number of hydrogen-bond donors (Lipinski definition) is 0. The number of rotatable bonds is 3. The van der Waals surface area contributed by atoms with Crippen LogP contribution in [-0.4, -0.2) is 17.4 Å². The number of hydrogen-bond acceptors (Lipinski definition) is 2. The number of carbonyl (C=O) groups excluding carboxylic acids is 1. The molecule has 0 fully saturated rings. The number of esters is 1. The Morgan fingerprint density at radius 2 is 2.57 bits per heavy atom. The highest BCUT2D eigenvalue weighted by Gasteiger charge is 2.18. The Morgan fingerprint density at radius 1 is 1.79 bits per heavy atom. The largest absolute Gasteiger partial charge is 0.465 e. The maximum Gasteiger partial charge on any atom is 0.324 e. The lowest BCUT2D eigenvalue weighted by atomic mass is 10.1. The van der Waals surface area contributed by atoms with E-state index in [1.807, 2.05) is 12.2 Å². The molecule has 0 bridgehead atoms. The van der Waals surface area contributed by atoms with Crippen molar-refractivity contribution < 1.29 is 9.53 Å². The molecule has 0 N–H and O–H groups in total. The van der Waals surface area contributed by atoms with E-state index in [4.69, 9.17) is 4.74 Å². The smallest absolute Gasteiger partial charge is 0.324 e. The number of carbonyl (C=O) groups is 1. The SMILES string of the molecule is CCOC(=O)C(Br)C1=CCC#CC=C1. The molecule has 0 aromatic heterocycles. The fraction of sp³-hybridized carbons (Fsp3) is 0.364. The molecular weight excluding hydrogens is 244 g/mol. The van der Waals surface area contributed by atoms with Gasteiger partial charge < -0.3 is 4.74 Å². The van der Waals surface area contributed by atoms with Gasteiger partial charge in [0, 0.05) is 6.42 Å². The molecule has 0 heterocycles. The Labute approximate surface area is 92.1 Å². The first-order chi connectivity index (χ1) is 6.75. The highest BCUT2D eigenvalue weighted by atomic mass is 79.9. The van der Waals surface area contributed by atoms with Crippen molar-refractivity contribution in [2.75, 3.05) is 6.61 Å². The summed E-state index contributed by atoms with van der Waals surface area (Å²) < 4.78 is 4.90. The zero-order chi connectivity index (χ0) is 10.4. The van der Waals surface area contributed by atoms with E-state index in [2.05, 4.69) is 27.8 Å². The summed E-state index contributed by atoms with van der Waals surface area (Å²) in [4.78, 5) is 11.0. The summed E-state index contributed by atoms with van der Waals surface area (Å²) >= 11 is 3.29. The minimum absolute atomic E-state index is 0.259. The van der Waals surface area contributed by atoms with Gasteiger partial charge in [-0.1, -0.05) is 33.8 Å². The first kappa shape index (κ1) is 11.1. The Kier molecular flexibility index (Phi) is 4.48. The van der Waals surface area contributed by atoms with Gasteiger partial charge in [0.05, 0.1) is 6.61 Å². The molecule has 1 aliphatic carbocycles. The molecule has 1 atom stereocenters. The van der Waals surface area contributed by atoms with Crippen molar-refractivity contribution >= 4 is 21.9 Å². The Balaban J connectivity index is 2.65. The minimum Gasteiger partial charge on any atom is -0.465 e. The van der Waals surface area contributed by atoms with Crippen LogP contribution in [0.2, 0.25) is 0 Å². The van der Waals surface area contributed by atoms with Crippen LogP contribution in [0.3, 0.4) is 0 Å². The molecule has 0 amide bonds. The first-order valence-electron chi connectivity index (χ1n) is 4.41. The average Bonchev–Trinajstić information content (AvgIpc) is 2.45. The van der Waals surface area contributed by atoms with Crippen molar-refractivity contribution in [3.05, 3.63) is 23.8 Å². The van der Waals surface area contributed by atoms with Crippen LogP contribution >= 0.6 is 15.9 Å². The molecule has 0 spiro atoms. The van der Waals surface area contributed by atoms with Gasteiger partial charge in [-0.25, -0.2) is 0 Å². The second kappa shape index (κ2) is 5.66. The Morgan fingerprint density at radius 3 is 3.29 bits per heavy atom. The van der Waals surface area contributed by atoms with E-state index in [1.165, 1.54) is 0 Å². The molecular formula is C11H11BrO2. The van der Waals surface area contributed by atoms with Gasteiger partial charge in [-0.2, -0.15) is 0 Å². The number of ether oxygens (including phenoxy) is 1. The fourth-order valence-corrected chi connectivity index (χ4v) is 1.50. The maximum absolute atomic E-state index is 11.4. The molecule has 0 aromatic rings. The summed E-state index contributed by atoms with van der Waals surface area (Å²) in [6, 6.07) is 0. The molecule has 14 heavy (non-hydrogen) atoms. The Bertz CT molecular complexity index is 331. The van der Waals surface area contributed by atoms with Gasteiger partial charge in [-0.15, -0.1) is 0 Å². The van der Waals surface area contributed by atoms with Crippen LogP contribution in [0, 0.1) is 11.8 Å². The molecule has 1 aliphatic rings. The van der Waals surface area contributed by atoms with E-state index in [9.17, 15) is 4.79 Å². The van der Waals surface area contributed by atoms with E-state index < -0.39 is 0 Å². The predicted octanol–water partition coefficient (Wildman–Crippen LogP) is 2.20. The van der Waals surface area contributed by atoms with E-state index in [0.29, 0.717) is 13.0 Å². The summed E-state index contributed by atoms with van der Waals surface area (Å²) in [5, 5.41) is 0. The second-order valence-electron chi connectivity index (χ2n) is 2.68. The van der Waals surface area contributed by atoms with Crippen molar-refractivity contribution in [1.82, 2.24) is 0 Å². The number of allylic oxidation sites excluding steroid dienone is 3. The summed E-state index contributed by atoms with van der Waals surface area (Å²) in [5.41, 5.74) is 0.890. The zero-order valence-corrected chi connectivity index (χ0v) is 9.50. The normalized spacial score (nSPS) is 16.0. The number of halogens is 1. The van der Waals surface area contributed by atoms with Crippen LogP contribution in [0.4, 0.5) is 0 Å². The highest BCUT2D eigenvalue weighted by molar-refractivity contribution is 9.10. The van der Waals surface area contributed by atoms with Crippen LogP contribution in [0.1, 0.15) is 13.3 Å². The van der Waals surface area contributed by atoms with Crippen LogP contribution in [0.25, 0.3) is 0 Å². The summed E-state index contributed by atoms with van der Waals surface area (Å²) in [7, 11) is 0. The standard InChI is InChI=1S/C11H11BrO2/c1-2-14-11(13)10(12)9-7-5-3-4-6-8-9/h5,7-8,10H,2,6H2,1H3. The van der Waals surface area contributed by atoms with Gasteiger partial charge in [0.15, 0.2) is 0 Å². The topological polar surface area (TPSA) is 26.3 Å². The average molecular weight is 255 g/mol. The summed E-state index contributed by atoms with van der Waals surface area (Å²) in [5.74, 6) is 5.51. The van der Waals surface area contributed by atoms with Crippen LogP contribution in [0.5, 0.6) is 0 Å². The van der Waals surface area contributed by atoms with Gasteiger partial charge >= 0.3 is 5.97 Å². The molecule has 0 aliphatic heterocycles. The third kappa shape index (κ3) is 3.04. The third-order valence-corrected chi connectivity index (χ3v) is 2.59. The first-order valence-corrected chi connectivity index (χ1v) is 5.33. The molecule has 0 saturated carbocycles. The quantitative estimate of drug-likeness (QED) is 0.439. The molecule has 1 rings (SSSR count). The maximum atomic E-state index is 11.4. The highest BCUT2D eigenvalue weighted by Crippen LogP contribution is 2.17. The Hall–Kier alpha value is -1.01. The van der Waals surface area contributed by atoms with Crippen LogP contribution in [0.15, 0.2) is 23.8 Å². The third-order valence-electron chi connectivity index (χ3n) is 1.69. The van der Waals surface area contributed by atoms with Gasteiger partial charge in [0.2, 0.25) is 0 Å². The van der Waals surface area contributed by atoms with Crippen molar-refractivity contribution in [2.24, 2.45) is 0 Å². The van der Waals surface area contributed by atoms with E-state index in [0.717, 1.165) is 5.57 Å². The summed E-state index contributed by atoms with van der Waals surface area (Å²) in [6.07, 6.45) is 6.17. The van der Waals surface area contributed by atoms with Gasteiger partial charge in [0.25, 0.3) is 0 Å². The van der Waals surface area contributed by atoms with Gasteiger partial charge in [-0.05, 0) is 24.6 Å². The zero-order valence-electron chi connectivity index (χ0n) is 7.92. The summed E-state index contributed by atoms with van der Waals surface area (Å²) in [6.45, 7) is 2.19.